The molecule has 0 spiro atoms. The van der Waals surface area contributed by atoms with Crippen molar-refractivity contribution in [3.63, 3.8) is 0 Å². The Morgan fingerprint density at radius 2 is 1.52 bits per heavy atom. The van der Waals surface area contributed by atoms with E-state index in [-0.39, 0.29) is 45.7 Å². The summed E-state index contributed by atoms with van der Waals surface area (Å²) < 4.78 is 1.50. The number of amides is 5. The maximum Gasteiger partial charge on any atom is 0.271 e. The molecule has 2 aliphatic rings. The van der Waals surface area contributed by atoms with Crippen LogP contribution < -0.4 is 21.3 Å². The molecule has 8 rings (SSSR count). The van der Waals surface area contributed by atoms with E-state index in [1.165, 1.54) is 22.4 Å². The van der Waals surface area contributed by atoms with Crippen LogP contribution >= 0.6 is 23.2 Å². The number of hydrogen-bond donors (Lipinski definition) is 4. The van der Waals surface area contributed by atoms with E-state index in [2.05, 4.69) is 43.5 Å². The summed E-state index contributed by atoms with van der Waals surface area (Å²) in [5, 5.41) is 16.5. The maximum atomic E-state index is 13.7. The third-order valence-electron chi connectivity index (χ3n) is 11.5. The minimum atomic E-state index is -0.512. The van der Waals surface area contributed by atoms with Crippen LogP contribution in [0.3, 0.4) is 0 Å². The summed E-state index contributed by atoms with van der Waals surface area (Å²) in [5.41, 5.74) is 6.18. The number of hydrogen-bond acceptors (Lipinski definition) is 8. The summed E-state index contributed by atoms with van der Waals surface area (Å²) in [6.07, 6.45) is 5.92. The fourth-order valence-electron chi connectivity index (χ4n) is 8.01. The van der Waals surface area contributed by atoms with Gasteiger partial charge in [0.25, 0.3) is 11.8 Å². The van der Waals surface area contributed by atoms with Crippen molar-refractivity contribution in [2.24, 2.45) is 0 Å². The molecule has 6 aromatic rings. The molecule has 4 N–H and O–H groups in total. The number of aryl methyl sites for hydroxylation is 1. The third kappa shape index (κ3) is 10.7. The normalized spacial score (nSPS) is 15.3. The lowest BCUT2D eigenvalue weighted by Gasteiger charge is -2.32. The van der Waals surface area contributed by atoms with E-state index in [0.29, 0.717) is 73.2 Å². The number of nitrogens with zero attached hydrogens (tertiary/aromatic N) is 4. The summed E-state index contributed by atoms with van der Waals surface area (Å²) in [4.78, 5) is 70.2. The van der Waals surface area contributed by atoms with E-state index in [9.17, 15) is 24.0 Å². The Labute approximate surface area is 380 Å². The fraction of sp³-hybridized carbons (Fsp3) is 0.245. The van der Waals surface area contributed by atoms with Gasteiger partial charge in [-0.05, 0) is 103 Å². The van der Waals surface area contributed by atoms with Gasteiger partial charge >= 0.3 is 0 Å². The number of anilines is 2. The van der Waals surface area contributed by atoms with Crippen molar-refractivity contribution in [1.29, 1.82) is 0 Å². The van der Waals surface area contributed by atoms with Crippen LogP contribution in [0.1, 0.15) is 75.6 Å². The molecule has 2 aromatic heterocycles. The van der Waals surface area contributed by atoms with Gasteiger partial charge in [-0.1, -0.05) is 83.9 Å². The summed E-state index contributed by atoms with van der Waals surface area (Å²) in [6.45, 7) is 1.78. The van der Waals surface area contributed by atoms with E-state index in [4.69, 9.17) is 23.2 Å². The molecular formula is C49H46Cl2N8O5. The number of nitrogens with one attached hydrogen (secondary N) is 4. The molecule has 0 saturated carbocycles. The van der Waals surface area contributed by atoms with Crippen LogP contribution in [0.5, 0.6) is 0 Å². The molecule has 2 aliphatic heterocycles. The molecule has 5 amide bonds. The number of carbonyl (C=O) groups is 5. The molecule has 0 aliphatic carbocycles. The van der Waals surface area contributed by atoms with E-state index in [0.717, 1.165) is 36.1 Å². The number of imide groups is 1. The Bertz CT molecular complexity index is 2650. The number of pyridine rings is 1. The van der Waals surface area contributed by atoms with Gasteiger partial charge in [-0.25, -0.2) is 4.68 Å². The van der Waals surface area contributed by atoms with Crippen LogP contribution in [0.15, 0.2) is 121 Å². The first-order valence-electron chi connectivity index (χ1n) is 21.3. The van der Waals surface area contributed by atoms with Gasteiger partial charge in [0.15, 0.2) is 5.69 Å². The molecule has 13 nitrogen and oxygen atoms in total. The van der Waals surface area contributed by atoms with Gasteiger partial charge in [0.1, 0.15) is 11.9 Å². The SMILES string of the molecule is O=C1CCC(Nc2ccc(C3CCN(C(=O)Cc4ccc(CCCNC(=O)c5cc(NC(=O)c6cc(-c7ccccn7)c(Cl)cc6Cl)n(-c6ccccc6)n5)cc4)CC3)cc2)C(=O)N1. The molecule has 64 heavy (non-hydrogen) atoms. The molecule has 1 unspecified atom stereocenters. The number of carbonyl (C=O) groups excluding carboxylic acids is 5. The zero-order valence-electron chi connectivity index (χ0n) is 34.9. The highest BCUT2D eigenvalue weighted by atomic mass is 35.5. The Hall–Kier alpha value is -6.83. The van der Waals surface area contributed by atoms with Crippen molar-refractivity contribution >= 4 is 64.2 Å². The van der Waals surface area contributed by atoms with E-state index in [1.807, 2.05) is 77.7 Å². The predicted octanol–water partition coefficient (Wildman–Crippen LogP) is 8.02. The van der Waals surface area contributed by atoms with Gasteiger partial charge in [-0.3, -0.25) is 34.3 Å². The number of rotatable bonds is 14. The first kappa shape index (κ1) is 43.8. The van der Waals surface area contributed by atoms with Gasteiger partial charge in [0.2, 0.25) is 17.7 Å². The summed E-state index contributed by atoms with van der Waals surface area (Å²) >= 11 is 13.0. The predicted molar refractivity (Wildman–Crippen MR) is 247 cm³/mol. The number of benzene rings is 4. The molecular weight excluding hydrogens is 851 g/mol. The number of piperidine rings is 2. The van der Waals surface area contributed by atoms with Crippen molar-refractivity contribution in [3.05, 3.63) is 159 Å². The first-order chi connectivity index (χ1) is 31.1. The van der Waals surface area contributed by atoms with Crippen molar-refractivity contribution < 1.29 is 24.0 Å². The number of likely N-dealkylation sites (tertiary alicyclic amines) is 1. The highest BCUT2D eigenvalue weighted by molar-refractivity contribution is 6.38. The lowest BCUT2D eigenvalue weighted by molar-refractivity contribution is -0.134. The summed E-state index contributed by atoms with van der Waals surface area (Å²) in [7, 11) is 0. The number of para-hydroxylation sites is 1. The summed E-state index contributed by atoms with van der Waals surface area (Å²) in [6, 6.07) is 34.9. The monoisotopic (exact) mass is 896 g/mol. The second-order valence-corrected chi connectivity index (χ2v) is 16.7. The zero-order chi connectivity index (χ0) is 44.6. The van der Waals surface area contributed by atoms with Gasteiger partial charge in [0.05, 0.1) is 33.4 Å². The highest BCUT2D eigenvalue weighted by Gasteiger charge is 2.27. The quantitative estimate of drug-likeness (QED) is 0.0630. The number of aromatic nitrogens is 3. The maximum absolute atomic E-state index is 13.7. The molecule has 2 fully saturated rings. The lowest BCUT2D eigenvalue weighted by Crippen LogP contribution is -2.47. The average Bonchev–Trinajstić information content (AvgIpc) is 3.74. The third-order valence-corrected chi connectivity index (χ3v) is 12.2. The van der Waals surface area contributed by atoms with Crippen LogP contribution in [0.4, 0.5) is 11.5 Å². The molecule has 0 bridgehead atoms. The average molecular weight is 898 g/mol. The Morgan fingerprint density at radius 1 is 0.781 bits per heavy atom. The van der Waals surface area contributed by atoms with Gasteiger partial charge < -0.3 is 20.9 Å². The Balaban J connectivity index is 0.800. The van der Waals surface area contributed by atoms with Crippen LogP contribution in [-0.4, -0.2) is 74.9 Å². The van der Waals surface area contributed by atoms with Crippen molar-refractivity contribution in [1.82, 2.24) is 30.3 Å². The van der Waals surface area contributed by atoms with Gasteiger partial charge in [-0.15, -0.1) is 0 Å². The highest BCUT2D eigenvalue weighted by Crippen LogP contribution is 2.33. The minimum Gasteiger partial charge on any atom is -0.374 e. The van der Waals surface area contributed by atoms with Crippen molar-refractivity contribution in [3.8, 4) is 16.9 Å². The Kier molecular flexibility index (Phi) is 13.8. The van der Waals surface area contributed by atoms with Crippen molar-refractivity contribution in [2.45, 2.75) is 56.9 Å². The fourth-order valence-corrected chi connectivity index (χ4v) is 8.58. The van der Waals surface area contributed by atoms with E-state index >= 15 is 0 Å². The van der Waals surface area contributed by atoms with Crippen LogP contribution in [0.25, 0.3) is 16.9 Å². The second kappa shape index (κ2) is 20.1. The second-order valence-electron chi connectivity index (χ2n) is 15.9. The summed E-state index contributed by atoms with van der Waals surface area (Å²) in [5.74, 6) is -0.687. The van der Waals surface area contributed by atoms with Crippen LogP contribution in [0.2, 0.25) is 10.0 Å². The molecule has 4 heterocycles. The molecule has 0 radical (unpaired) electrons. The van der Waals surface area contributed by atoms with E-state index < -0.39 is 11.9 Å². The van der Waals surface area contributed by atoms with Crippen LogP contribution in [-0.2, 0) is 27.2 Å². The molecule has 15 heteroatoms. The Morgan fingerprint density at radius 3 is 2.23 bits per heavy atom. The topological polar surface area (TPSA) is 167 Å². The van der Waals surface area contributed by atoms with E-state index in [1.54, 1.807) is 24.4 Å². The molecule has 4 aromatic carbocycles. The first-order valence-corrected chi connectivity index (χ1v) is 22.0. The zero-order valence-corrected chi connectivity index (χ0v) is 36.4. The van der Waals surface area contributed by atoms with Crippen LogP contribution in [0, 0.1) is 0 Å². The minimum absolute atomic E-state index is 0.110. The van der Waals surface area contributed by atoms with Gasteiger partial charge in [0, 0.05) is 49.6 Å². The molecule has 1 atom stereocenters. The van der Waals surface area contributed by atoms with Gasteiger partial charge in [-0.2, -0.15) is 5.10 Å². The number of halogens is 2. The molecule has 2 saturated heterocycles. The standard InChI is InChI=1S/C49H46Cl2N8O5/c50-39-29-40(51)38(28-37(39)41-10-4-5-23-52-41)47(62)55-44-30-43(57-59(44)36-8-2-1-3-9-36)48(63)53-24-6-7-31-11-13-32(14-12-31)27-46(61)58-25-21-34(22-26-58)33-15-17-35(18-16-33)54-42-19-20-45(60)56-49(42)64/h1-5,8-18,23,28-30,34,42,54H,6-7,19-22,24-27H2,(H,53,63)(H,55,62)(H,56,60,64). The lowest BCUT2D eigenvalue weighted by atomic mass is 9.89. The largest absolute Gasteiger partial charge is 0.374 e. The smallest absolute Gasteiger partial charge is 0.271 e. The molecule has 326 valence electrons. The van der Waals surface area contributed by atoms with Crippen molar-refractivity contribution in [2.75, 3.05) is 30.3 Å².